The van der Waals surface area contributed by atoms with E-state index in [0.717, 1.165) is 24.6 Å². The maximum absolute atomic E-state index is 5.42. The molecule has 0 atom stereocenters. The van der Waals surface area contributed by atoms with Gasteiger partial charge in [0.05, 0.1) is 27.4 Å². The summed E-state index contributed by atoms with van der Waals surface area (Å²) in [5, 5.41) is 6.47. The molecule has 1 aromatic rings. The molecule has 0 bridgehead atoms. The van der Waals surface area contributed by atoms with Gasteiger partial charge in [0.2, 0.25) is 0 Å². The van der Waals surface area contributed by atoms with Gasteiger partial charge in [0.1, 0.15) is 0 Å². The first-order chi connectivity index (χ1) is 11.7. The van der Waals surface area contributed by atoms with Gasteiger partial charge in [-0.05, 0) is 25.5 Å². The summed E-state index contributed by atoms with van der Waals surface area (Å²) in [4.78, 5) is 4.54. The Morgan fingerprint density at radius 2 is 1.80 bits per heavy atom. The molecule has 0 aliphatic carbocycles. The minimum Gasteiger partial charge on any atom is -0.493 e. The third-order valence-electron chi connectivity index (χ3n) is 3.14. The van der Waals surface area contributed by atoms with Crippen LogP contribution in [0.3, 0.4) is 0 Å². The van der Waals surface area contributed by atoms with Crippen molar-refractivity contribution in [3.63, 3.8) is 0 Å². The van der Waals surface area contributed by atoms with Crippen molar-refractivity contribution in [3.05, 3.63) is 18.2 Å². The summed E-state index contributed by atoms with van der Waals surface area (Å²) in [7, 11) is 4.89. The standard InChI is InChI=1S/C17H29N3O4.HI/c1-5-18-17(19-9-6-10-24-12-11-21-2)20-14-7-8-15(22-3)16(13-14)23-4;/h7-8,13H,5-6,9-12H2,1-4H3,(H2,18,19,20);1H. The van der Waals surface area contributed by atoms with Gasteiger partial charge >= 0.3 is 0 Å². The summed E-state index contributed by atoms with van der Waals surface area (Å²) in [6.45, 7) is 5.39. The van der Waals surface area contributed by atoms with Crippen LogP contribution in [0.15, 0.2) is 23.2 Å². The van der Waals surface area contributed by atoms with Crippen molar-refractivity contribution in [1.82, 2.24) is 5.32 Å². The Balaban J connectivity index is 0.00000576. The highest BCUT2D eigenvalue weighted by Gasteiger charge is 2.06. The summed E-state index contributed by atoms with van der Waals surface area (Å²) in [5.41, 5.74) is 0.878. The smallest absolute Gasteiger partial charge is 0.195 e. The number of rotatable bonds is 11. The second kappa shape index (κ2) is 15.0. The van der Waals surface area contributed by atoms with E-state index in [2.05, 4.69) is 15.6 Å². The number of methoxy groups -OCH3 is 3. The van der Waals surface area contributed by atoms with Gasteiger partial charge < -0.3 is 29.6 Å². The molecule has 25 heavy (non-hydrogen) atoms. The van der Waals surface area contributed by atoms with Gasteiger partial charge in [-0.2, -0.15) is 0 Å². The maximum Gasteiger partial charge on any atom is 0.195 e. The van der Waals surface area contributed by atoms with E-state index in [0.29, 0.717) is 37.9 Å². The lowest BCUT2D eigenvalue weighted by Gasteiger charge is -2.13. The first-order valence-electron chi connectivity index (χ1n) is 8.09. The number of halogens is 1. The fourth-order valence-electron chi connectivity index (χ4n) is 1.96. The molecule has 1 rings (SSSR count). The van der Waals surface area contributed by atoms with Crippen LogP contribution in [0.4, 0.5) is 5.69 Å². The van der Waals surface area contributed by atoms with Crippen LogP contribution >= 0.6 is 24.0 Å². The summed E-state index contributed by atoms with van der Waals surface area (Å²) >= 11 is 0. The van der Waals surface area contributed by atoms with Crippen LogP contribution in [-0.4, -0.2) is 60.2 Å². The molecular formula is C17H30IN3O4. The Kier molecular flexibility index (Phi) is 14.3. The van der Waals surface area contributed by atoms with Gasteiger partial charge in [-0.3, -0.25) is 4.99 Å². The zero-order valence-corrected chi connectivity index (χ0v) is 17.8. The molecule has 0 radical (unpaired) electrons. The van der Waals surface area contributed by atoms with E-state index >= 15 is 0 Å². The normalized spacial score (nSPS) is 10.8. The molecule has 1 aromatic carbocycles. The van der Waals surface area contributed by atoms with Crippen molar-refractivity contribution in [2.24, 2.45) is 4.99 Å². The lowest BCUT2D eigenvalue weighted by molar-refractivity contribution is 0.0702. The number of benzene rings is 1. The van der Waals surface area contributed by atoms with E-state index in [-0.39, 0.29) is 24.0 Å². The molecule has 8 heteroatoms. The SMILES string of the molecule is CCNC(=NCCCOCCOC)Nc1ccc(OC)c(OC)c1.I. The van der Waals surface area contributed by atoms with E-state index in [1.54, 1.807) is 21.3 Å². The largest absolute Gasteiger partial charge is 0.493 e. The third-order valence-corrected chi connectivity index (χ3v) is 3.14. The molecule has 0 spiro atoms. The first kappa shape index (κ1) is 23.7. The molecule has 0 aromatic heterocycles. The van der Waals surface area contributed by atoms with Crippen molar-refractivity contribution in [3.8, 4) is 11.5 Å². The van der Waals surface area contributed by atoms with Gasteiger partial charge in [-0.1, -0.05) is 0 Å². The molecule has 0 amide bonds. The van der Waals surface area contributed by atoms with Crippen LogP contribution in [0.2, 0.25) is 0 Å². The van der Waals surface area contributed by atoms with Gasteiger partial charge in [0.25, 0.3) is 0 Å². The topological polar surface area (TPSA) is 73.3 Å². The van der Waals surface area contributed by atoms with E-state index in [1.165, 1.54) is 0 Å². The minimum atomic E-state index is 0. The minimum absolute atomic E-state index is 0. The quantitative estimate of drug-likeness (QED) is 0.226. The number of hydrogen-bond donors (Lipinski definition) is 2. The molecule has 0 saturated heterocycles. The van der Waals surface area contributed by atoms with Crippen LogP contribution in [0.5, 0.6) is 11.5 Å². The zero-order chi connectivity index (χ0) is 17.6. The van der Waals surface area contributed by atoms with Gasteiger partial charge in [0, 0.05) is 38.6 Å². The van der Waals surface area contributed by atoms with Crippen molar-refractivity contribution in [2.45, 2.75) is 13.3 Å². The van der Waals surface area contributed by atoms with Crippen LogP contribution in [-0.2, 0) is 9.47 Å². The molecular weight excluding hydrogens is 437 g/mol. The average molecular weight is 467 g/mol. The monoisotopic (exact) mass is 467 g/mol. The van der Waals surface area contributed by atoms with Crippen molar-refractivity contribution in [2.75, 3.05) is 59.6 Å². The first-order valence-corrected chi connectivity index (χ1v) is 8.09. The van der Waals surface area contributed by atoms with Crippen LogP contribution in [0, 0.1) is 0 Å². The molecule has 0 heterocycles. The molecule has 0 aliphatic rings. The molecule has 0 unspecified atom stereocenters. The van der Waals surface area contributed by atoms with Crippen molar-refractivity contribution < 1.29 is 18.9 Å². The summed E-state index contributed by atoms with van der Waals surface area (Å²) < 4.78 is 20.9. The zero-order valence-electron chi connectivity index (χ0n) is 15.5. The van der Waals surface area contributed by atoms with E-state index in [1.807, 2.05) is 25.1 Å². The molecule has 0 saturated carbocycles. The number of ether oxygens (including phenoxy) is 4. The number of anilines is 1. The molecule has 0 fully saturated rings. The number of guanidine groups is 1. The Morgan fingerprint density at radius 3 is 2.44 bits per heavy atom. The molecule has 144 valence electrons. The van der Waals surface area contributed by atoms with Crippen LogP contribution in [0.25, 0.3) is 0 Å². The number of nitrogens with zero attached hydrogens (tertiary/aromatic N) is 1. The second-order valence-electron chi connectivity index (χ2n) is 4.91. The Morgan fingerprint density at radius 1 is 1.04 bits per heavy atom. The number of hydrogen-bond acceptors (Lipinski definition) is 5. The van der Waals surface area contributed by atoms with Gasteiger partial charge in [0.15, 0.2) is 17.5 Å². The highest BCUT2D eigenvalue weighted by molar-refractivity contribution is 14.0. The molecule has 0 aliphatic heterocycles. The summed E-state index contributed by atoms with van der Waals surface area (Å²) in [5.74, 6) is 2.09. The molecule has 7 nitrogen and oxygen atoms in total. The highest BCUT2D eigenvalue weighted by Crippen LogP contribution is 2.29. The Labute approximate surface area is 167 Å². The fraction of sp³-hybridized carbons (Fsp3) is 0.588. The predicted molar refractivity (Wildman–Crippen MR) is 112 cm³/mol. The average Bonchev–Trinajstić information content (AvgIpc) is 2.60. The predicted octanol–water partition coefficient (Wildman–Crippen LogP) is 2.75. The van der Waals surface area contributed by atoms with Crippen molar-refractivity contribution in [1.29, 1.82) is 0 Å². The maximum atomic E-state index is 5.42. The third kappa shape index (κ3) is 9.71. The lowest BCUT2D eigenvalue weighted by atomic mass is 10.3. The van der Waals surface area contributed by atoms with Crippen LogP contribution in [0.1, 0.15) is 13.3 Å². The van der Waals surface area contributed by atoms with Gasteiger partial charge in [-0.15, -0.1) is 24.0 Å². The number of nitrogens with one attached hydrogen (secondary N) is 2. The van der Waals surface area contributed by atoms with E-state index in [9.17, 15) is 0 Å². The van der Waals surface area contributed by atoms with Crippen LogP contribution < -0.4 is 20.1 Å². The Bertz CT molecular complexity index is 501. The second-order valence-corrected chi connectivity index (χ2v) is 4.91. The van der Waals surface area contributed by atoms with Gasteiger partial charge in [-0.25, -0.2) is 0 Å². The summed E-state index contributed by atoms with van der Waals surface area (Å²) in [6, 6.07) is 5.65. The van der Waals surface area contributed by atoms with E-state index in [4.69, 9.17) is 18.9 Å². The van der Waals surface area contributed by atoms with E-state index < -0.39 is 0 Å². The van der Waals surface area contributed by atoms with Crippen molar-refractivity contribution >= 4 is 35.6 Å². The lowest BCUT2D eigenvalue weighted by Crippen LogP contribution is -2.30. The highest BCUT2D eigenvalue weighted by atomic mass is 127. The molecule has 2 N–H and O–H groups in total. The Hall–Kier alpha value is -1.26. The summed E-state index contributed by atoms with van der Waals surface area (Å²) in [6.07, 6.45) is 0.853. The fourth-order valence-corrected chi connectivity index (χ4v) is 1.96. The number of aliphatic imine (C=N–C) groups is 1.